The van der Waals surface area contributed by atoms with Gasteiger partial charge in [-0.25, -0.2) is 4.98 Å². The zero-order chi connectivity index (χ0) is 21.2. The summed E-state index contributed by atoms with van der Waals surface area (Å²) < 4.78 is 2.00. The van der Waals surface area contributed by atoms with Crippen LogP contribution in [0.4, 0.5) is 0 Å². The molecule has 0 aliphatic heterocycles. The van der Waals surface area contributed by atoms with E-state index in [-0.39, 0.29) is 11.8 Å². The SMILES string of the molecule is O=C(NC1CC1)c1ccc(CN(C(=O)c2ccc(Cn3ccnc3)cc2)C2CC2)cc1. The van der Waals surface area contributed by atoms with Gasteiger partial charge in [0.05, 0.1) is 6.33 Å². The summed E-state index contributed by atoms with van der Waals surface area (Å²) in [6, 6.07) is 16.1. The summed E-state index contributed by atoms with van der Waals surface area (Å²) in [7, 11) is 0. The van der Waals surface area contributed by atoms with Gasteiger partial charge in [-0.15, -0.1) is 0 Å². The van der Waals surface area contributed by atoms with Crippen LogP contribution in [-0.2, 0) is 13.1 Å². The van der Waals surface area contributed by atoms with Gasteiger partial charge in [0.15, 0.2) is 0 Å². The van der Waals surface area contributed by atoms with E-state index in [1.54, 1.807) is 12.5 Å². The Hall–Kier alpha value is -3.41. The number of benzene rings is 2. The third kappa shape index (κ3) is 4.85. The van der Waals surface area contributed by atoms with Crippen LogP contribution in [0.15, 0.2) is 67.3 Å². The van der Waals surface area contributed by atoms with E-state index in [9.17, 15) is 9.59 Å². The number of nitrogens with one attached hydrogen (secondary N) is 1. The molecule has 1 heterocycles. The zero-order valence-electron chi connectivity index (χ0n) is 17.4. The summed E-state index contributed by atoms with van der Waals surface area (Å²) in [5, 5.41) is 3.01. The van der Waals surface area contributed by atoms with Crippen LogP contribution in [0.25, 0.3) is 0 Å². The quantitative estimate of drug-likeness (QED) is 0.612. The Balaban J connectivity index is 1.25. The molecule has 3 aromatic rings. The number of rotatable bonds is 8. The second kappa shape index (κ2) is 8.38. The molecule has 1 N–H and O–H groups in total. The molecule has 5 rings (SSSR count). The normalized spacial score (nSPS) is 15.5. The number of aromatic nitrogens is 2. The maximum Gasteiger partial charge on any atom is 0.254 e. The predicted octanol–water partition coefficient (Wildman–Crippen LogP) is 3.63. The standard InChI is InChI=1S/C25H26N4O2/c30-24(27-22-9-10-22)20-5-1-19(2-6-20)16-29(23-11-12-23)25(31)21-7-3-18(4-8-21)15-28-14-13-26-17-28/h1-8,13-14,17,22-23H,9-12,15-16H2,(H,27,30). The second-order valence-corrected chi connectivity index (χ2v) is 8.54. The van der Waals surface area contributed by atoms with Gasteiger partial charge in [-0.3, -0.25) is 9.59 Å². The summed E-state index contributed by atoms with van der Waals surface area (Å²) in [6.45, 7) is 1.30. The summed E-state index contributed by atoms with van der Waals surface area (Å²) in [5.74, 6) is 0.0483. The van der Waals surface area contributed by atoms with Crippen molar-refractivity contribution in [2.45, 2.75) is 50.9 Å². The van der Waals surface area contributed by atoms with Crippen molar-refractivity contribution >= 4 is 11.8 Å². The van der Waals surface area contributed by atoms with Gasteiger partial charge in [-0.2, -0.15) is 0 Å². The lowest BCUT2D eigenvalue weighted by Gasteiger charge is -2.23. The number of hydrogen-bond donors (Lipinski definition) is 1. The molecule has 0 unspecified atom stereocenters. The van der Waals surface area contributed by atoms with Gasteiger partial charge in [0.2, 0.25) is 0 Å². The van der Waals surface area contributed by atoms with Gasteiger partial charge in [0.1, 0.15) is 0 Å². The molecule has 6 heteroatoms. The Morgan fingerprint density at radius 3 is 2.23 bits per heavy atom. The smallest absolute Gasteiger partial charge is 0.254 e. The third-order valence-electron chi connectivity index (χ3n) is 5.86. The minimum atomic E-state index is -0.0139. The van der Waals surface area contributed by atoms with E-state index in [1.165, 1.54) is 0 Å². The fourth-order valence-corrected chi connectivity index (χ4v) is 3.72. The number of carbonyl (C=O) groups excluding carboxylic acids is 2. The van der Waals surface area contributed by atoms with Crippen LogP contribution in [0.1, 0.15) is 57.5 Å². The van der Waals surface area contributed by atoms with Gasteiger partial charge in [0.25, 0.3) is 11.8 Å². The lowest BCUT2D eigenvalue weighted by molar-refractivity contribution is 0.0729. The lowest BCUT2D eigenvalue weighted by Crippen LogP contribution is -2.32. The molecule has 31 heavy (non-hydrogen) atoms. The molecule has 2 aromatic carbocycles. The Kier molecular flexibility index (Phi) is 5.28. The molecule has 0 radical (unpaired) electrons. The Bertz CT molecular complexity index is 1050. The van der Waals surface area contributed by atoms with E-state index in [1.807, 2.05) is 64.2 Å². The molecular formula is C25H26N4O2. The molecule has 158 valence electrons. The molecule has 0 saturated heterocycles. The van der Waals surface area contributed by atoms with Crippen LogP contribution in [0.2, 0.25) is 0 Å². The minimum absolute atomic E-state index is 0.0139. The molecule has 2 aliphatic carbocycles. The minimum Gasteiger partial charge on any atom is -0.349 e. The highest BCUT2D eigenvalue weighted by molar-refractivity contribution is 5.95. The number of hydrogen-bond acceptors (Lipinski definition) is 3. The van der Waals surface area contributed by atoms with E-state index in [0.717, 1.165) is 43.4 Å². The van der Waals surface area contributed by atoms with Crippen molar-refractivity contribution in [1.82, 2.24) is 19.8 Å². The first-order chi connectivity index (χ1) is 15.2. The number of carbonyl (C=O) groups is 2. The Labute approximate surface area is 181 Å². The molecule has 0 spiro atoms. The van der Waals surface area contributed by atoms with E-state index in [4.69, 9.17) is 0 Å². The summed E-state index contributed by atoms with van der Waals surface area (Å²) in [4.78, 5) is 31.4. The van der Waals surface area contributed by atoms with E-state index >= 15 is 0 Å². The lowest BCUT2D eigenvalue weighted by atomic mass is 10.1. The fraction of sp³-hybridized carbons (Fsp3) is 0.320. The highest BCUT2D eigenvalue weighted by Gasteiger charge is 2.33. The van der Waals surface area contributed by atoms with Gasteiger partial charge in [-0.05, 0) is 61.1 Å². The molecule has 0 atom stereocenters. The van der Waals surface area contributed by atoms with Crippen molar-refractivity contribution in [3.05, 3.63) is 89.5 Å². The highest BCUT2D eigenvalue weighted by atomic mass is 16.2. The largest absolute Gasteiger partial charge is 0.349 e. The molecule has 0 bridgehead atoms. The topological polar surface area (TPSA) is 67.2 Å². The summed E-state index contributed by atoms with van der Waals surface area (Å²) in [5.41, 5.74) is 3.56. The number of imidazole rings is 1. The first-order valence-electron chi connectivity index (χ1n) is 10.9. The van der Waals surface area contributed by atoms with Crippen molar-refractivity contribution in [1.29, 1.82) is 0 Å². The van der Waals surface area contributed by atoms with Crippen LogP contribution in [0, 0.1) is 0 Å². The van der Waals surface area contributed by atoms with Crippen LogP contribution in [-0.4, -0.2) is 38.3 Å². The molecular weight excluding hydrogens is 388 g/mol. The van der Waals surface area contributed by atoms with Crippen molar-refractivity contribution < 1.29 is 9.59 Å². The molecule has 2 fully saturated rings. The molecule has 1 aromatic heterocycles. The maximum atomic E-state index is 13.2. The van der Waals surface area contributed by atoms with Gasteiger partial charge in [0, 0.05) is 48.7 Å². The molecule has 2 saturated carbocycles. The monoisotopic (exact) mass is 414 g/mol. The average Bonchev–Trinajstić information content (AvgIpc) is 3.73. The predicted molar refractivity (Wildman–Crippen MR) is 118 cm³/mol. The third-order valence-corrected chi connectivity index (χ3v) is 5.86. The zero-order valence-corrected chi connectivity index (χ0v) is 17.4. The second-order valence-electron chi connectivity index (χ2n) is 8.54. The van der Waals surface area contributed by atoms with Crippen molar-refractivity contribution in [3.8, 4) is 0 Å². The van der Waals surface area contributed by atoms with Gasteiger partial charge >= 0.3 is 0 Å². The molecule has 2 amide bonds. The van der Waals surface area contributed by atoms with Crippen molar-refractivity contribution in [2.75, 3.05) is 0 Å². The van der Waals surface area contributed by atoms with E-state index in [0.29, 0.717) is 29.8 Å². The van der Waals surface area contributed by atoms with Gasteiger partial charge < -0.3 is 14.8 Å². The highest BCUT2D eigenvalue weighted by Crippen LogP contribution is 2.30. The van der Waals surface area contributed by atoms with Crippen LogP contribution >= 0.6 is 0 Å². The van der Waals surface area contributed by atoms with E-state index < -0.39 is 0 Å². The van der Waals surface area contributed by atoms with Crippen LogP contribution < -0.4 is 5.32 Å². The van der Waals surface area contributed by atoms with Crippen LogP contribution in [0.3, 0.4) is 0 Å². The summed E-state index contributed by atoms with van der Waals surface area (Å²) in [6.07, 6.45) is 9.72. The maximum absolute atomic E-state index is 13.2. The van der Waals surface area contributed by atoms with Crippen LogP contribution in [0.5, 0.6) is 0 Å². The number of nitrogens with zero attached hydrogens (tertiary/aromatic N) is 3. The fourth-order valence-electron chi connectivity index (χ4n) is 3.72. The first-order valence-corrected chi connectivity index (χ1v) is 10.9. The van der Waals surface area contributed by atoms with Crippen molar-refractivity contribution in [3.63, 3.8) is 0 Å². The Morgan fingerprint density at radius 1 is 0.935 bits per heavy atom. The summed E-state index contributed by atoms with van der Waals surface area (Å²) >= 11 is 0. The van der Waals surface area contributed by atoms with Gasteiger partial charge in [-0.1, -0.05) is 24.3 Å². The Morgan fingerprint density at radius 2 is 1.61 bits per heavy atom. The average molecular weight is 415 g/mol. The first kappa shape index (κ1) is 19.5. The molecule has 2 aliphatic rings. The molecule has 6 nitrogen and oxygen atoms in total. The van der Waals surface area contributed by atoms with E-state index in [2.05, 4.69) is 10.3 Å². The number of amides is 2. The van der Waals surface area contributed by atoms with Crippen molar-refractivity contribution in [2.24, 2.45) is 0 Å².